The fourth-order valence-corrected chi connectivity index (χ4v) is 2.21. The summed E-state index contributed by atoms with van der Waals surface area (Å²) in [6.45, 7) is 5.54. The molecule has 0 N–H and O–H groups in total. The Labute approximate surface area is 118 Å². The van der Waals surface area contributed by atoms with Crippen LogP contribution in [0.4, 0.5) is 0 Å². The number of fused-ring (bicyclic) bond motifs is 1. The average molecular weight is 284 g/mol. The molecule has 1 aromatic carbocycles. The van der Waals surface area contributed by atoms with Gasteiger partial charge in [-0.2, -0.15) is 0 Å². The molecule has 0 aromatic heterocycles. The molecule has 19 heavy (non-hydrogen) atoms. The summed E-state index contributed by atoms with van der Waals surface area (Å²) in [4.78, 5) is 14.2. The Bertz CT molecular complexity index is 462. The molecule has 4 nitrogen and oxygen atoms in total. The third-order valence-electron chi connectivity index (χ3n) is 3.00. The Morgan fingerprint density at radius 1 is 1.32 bits per heavy atom. The fourth-order valence-electron chi connectivity index (χ4n) is 2.03. The van der Waals surface area contributed by atoms with E-state index in [-0.39, 0.29) is 11.9 Å². The normalized spacial score (nSPS) is 13.5. The maximum atomic E-state index is 12.4. The highest BCUT2D eigenvalue weighted by molar-refractivity contribution is 6.18. The zero-order valence-electron chi connectivity index (χ0n) is 11.2. The molecule has 1 aliphatic rings. The number of carbonyl (C=O) groups is 1. The molecule has 0 saturated carbocycles. The summed E-state index contributed by atoms with van der Waals surface area (Å²) in [5.41, 5.74) is 0.600. The van der Waals surface area contributed by atoms with E-state index in [0.717, 1.165) is 0 Å². The van der Waals surface area contributed by atoms with Crippen molar-refractivity contribution in [2.45, 2.75) is 19.9 Å². The lowest BCUT2D eigenvalue weighted by molar-refractivity contribution is 0.0717. The van der Waals surface area contributed by atoms with E-state index in [2.05, 4.69) is 0 Å². The zero-order chi connectivity index (χ0) is 13.8. The highest BCUT2D eigenvalue weighted by Gasteiger charge is 2.20. The summed E-state index contributed by atoms with van der Waals surface area (Å²) in [6, 6.07) is 5.39. The lowest BCUT2D eigenvalue weighted by Gasteiger charge is -2.26. The maximum absolute atomic E-state index is 12.4. The minimum Gasteiger partial charge on any atom is -0.486 e. The summed E-state index contributed by atoms with van der Waals surface area (Å²) in [7, 11) is 0. The lowest BCUT2D eigenvalue weighted by Crippen LogP contribution is -2.38. The van der Waals surface area contributed by atoms with Gasteiger partial charge in [-0.05, 0) is 32.0 Å². The van der Waals surface area contributed by atoms with Crippen LogP contribution in [0.1, 0.15) is 24.2 Å². The maximum Gasteiger partial charge on any atom is 0.254 e. The van der Waals surface area contributed by atoms with Gasteiger partial charge in [-0.3, -0.25) is 4.79 Å². The summed E-state index contributed by atoms with van der Waals surface area (Å²) in [6.07, 6.45) is 0. The van der Waals surface area contributed by atoms with Gasteiger partial charge in [0.05, 0.1) is 0 Å². The second-order valence-electron chi connectivity index (χ2n) is 4.64. The average Bonchev–Trinajstić information content (AvgIpc) is 2.43. The van der Waals surface area contributed by atoms with Crippen LogP contribution >= 0.6 is 11.6 Å². The van der Waals surface area contributed by atoms with Crippen LogP contribution in [0.5, 0.6) is 11.5 Å². The highest BCUT2D eigenvalue weighted by Crippen LogP contribution is 2.31. The van der Waals surface area contributed by atoms with Crippen LogP contribution in [-0.2, 0) is 0 Å². The van der Waals surface area contributed by atoms with Crippen LogP contribution in [0.25, 0.3) is 0 Å². The van der Waals surface area contributed by atoms with Crippen molar-refractivity contribution in [3.05, 3.63) is 23.8 Å². The van der Waals surface area contributed by atoms with Crippen molar-refractivity contribution < 1.29 is 14.3 Å². The Balaban J connectivity index is 2.22. The first-order valence-electron chi connectivity index (χ1n) is 6.40. The molecule has 1 aromatic rings. The lowest BCUT2D eigenvalue weighted by atomic mass is 10.1. The molecule has 1 heterocycles. The molecule has 0 unspecified atom stereocenters. The predicted octanol–water partition coefficient (Wildman–Crippen LogP) is 2.55. The van der Waals surface area contributed by atoms with Crippen LogP contribution in [0.2, 0.25) is 0 Å². The Morgan fingerprint density at radius 3 is 2.63 bits per heavy atom. The van der Waals surface area contributed by atoms with E-state index in [9.17, 15) is 4.79 Å². The SMILES string of the molecule is CC(C)N(CCCl)C(=O)c1ccc2c(c1)OCCO2. The quantitative estimate of drug-likeness (QED) is 0.797. The van der Waals surface area contributed by atoms with E-state index >= 15 is 0 Å². The van der Waals surface area contributed by atoms with E-state index in [1.807, 2.05) is 13.8 Å². The van der Waals surface area contributed by atoms with E-state index in [1.54, 1.807) is 23.1 Å². The summed E-state index contributed by atoms with van der Waals surface area (Å²) in [5, 5.41) is 0. The first-order valence-corrected chi connectivity index (χ1v) is 6.93. The van der Waals surface area contributed by atoms with Crippen molar-refractivity contribution in [3.63, 3.8) is 0 Å². The van der Waals surface area contributed by atoms with Crippen molar-refractivity contribution in [3.8, 4) is 11.5 Å². The molecular formula is C14H18ClNO3. The molecule has 0 saturated heterocycles. The number of hydrogen-bond acceptors (Lipinski definition) is 3. The van der Waals surface area contributed by atoms with Crippen LogP contribution in [-0.4, -0.2) is 42.5 Å². The van der Waals surface area contributed by atoms with Gasteiger partial charge in [0.25, 0.3) is 5.91 Å². The summed E-state index contributed by atoms with van der Waals surface area (Å²) < 4.78 is 10.9. The van der Waals surface area contributed by atoms with Gasteiger partial charge in [-0.1, -0.05) is 0 Å². The Kier molecular flexibility index (Phi) is 4.53. The molecule has 0 bridgehead atoms. The minimum atomic E-state index is -0.0346. The van der Waals surface area contributed by atoms with Gasteiger partial charge in [-0.25, -0.2) is 0 Å². The molecule has 0 atom stereocenters. The molecule has 1 amide bonds. The second-order valence-corrected chi connectivity index (χ2v) is 5.02. The van der Waals surface area contributed by atoms with Crippen molar-refractivity contribution in [2.24, 2.45) is 0 Å². The van der Waals surface area contributed by atoms with Crippen molar-refractivity contribution in [1.29, 1.82) is 0 Å². The van der Waals surface area contributed by atoms with Crippen molar-refractivity contribution in [1.82, 2.24) is 4.90 Å². The number of halogens is 1. The minimum absolute atomic E-state index is 0.0346. The van der Waals surface area contributed by atoms with E-state index in [4.69, 9.17) is 21.1 Å². The molecule has 1 aliphatic heterocycles. The molecule has 0 fully saturated rings. The molecule has 0 spiro atoms. The molecule has 5 heteroatoms. The predicted molar refractivity (Wildman–Crippen MR) is 74.3 cm³/mol. The van der Waals surface area contributed by atoms with Crippen LogP contribution in [0.15, 0.2) is 18.2 Å². The zero-order valence-corrected chi connectivity index (χ0v) is 11.9. The summed E-state index contributed by atoms with van der Waals surface area (Å²) in [5.74, 6) is 1.71. The number of hydrogen-bond donors (Lipinski definition) is 0. The van der Waals surface area contributed by atoms with E-state index < -0.39 is 0 Å². The molecule has 104 valence electrons. The van der Waals surface area contributed by atoms with Gasteiger partial charge < -0.3 is 14.4 Å². The van der Waals surface area contributed by atoms with Gasteiger partial charge in [-0.15, -0.1) is 11.6 Å². The van der Waals surface area contributed by atoms with Gasteiger partial charge in [0, 0.05) is 24.0 Å². The number of ether oxygens (including phenoxy) is 2. The van der Waals surface area contributed by atoms with Gasteiger partial charge >= 0.3 is 0 Å². The monoisotopic (exact) mass is 283 g/mol. The van der Waals surface area contributed by atoms with Crippen LogP contribution in [0, 0.1) is 0 Å². The van der Waals surface area contributed by atoms with Crippen LogP contribution in [0.3, 0.4) is 0 Å². The van der Waals surface area contributed by atoms with E-state index in [0.29, 0.717) is 42.7 Å². The van der Waals surface area contributed by atoms with Gasteiger partial charge in [0.2, 0.25) is 0 Å². The number of nitrogens with zero attached hydrogens (tertiary/aromatic N) is 1. The van der Waals surface area contributed by atoms with Gasteiger partial charge in [0.1, 0.15) is 13.2 Å². The number of rotatable bonds is 4. The molecule has 0 aliphatic carbocycles. The molecule has 0 radical (unpaired) electrons. The smallest absolute Gasteiger partial charge is 0.254 e. The molecular weight excluding hydrogens is 266 g/mol. The highest BCUT2D eigenvalue weighted by atomic mass is 35.5. The standard InChI is InChI=1S/C14H18ClNO3/c1-10(2)16(6-5-15)14(17)11-3-4-12-13(9-11)19-8-7-18-12/h3-4,9-10H,5-8H2,1-2H3. The number of alkyl halides is 1. The molecule has 2 rings (SSSR count). The number of amides is 1. The Hall–Kier alpha value is -1.42. The number of benzene rings is 1. The summed E-state index contributed by atoms with van der Waals surface area (Å²) >= 11 is 5.75. The first-order chi connectivity index (χ1) is 9.13. The topological polar surface area (TPSA) is 38.8 Å². The first kappa shape index (κ1) is 14.0. The van der Waals surface area contributed by atoms with E-state index in [1.165, 1.54) is 0 Å². The second kappa shape index (κ2) is 6.15. The largest absolute Gasteiger partial charge is 0.486 e. The Morgan fingerprint density at radius 2 is 2.00 bits per heavy atom. The van der Waals surface area contributed by atoms with Crippen molar-refractivity contribution >= 4 is 17.5 Å². The number of carbonyl (C=O) groups excluding carboxylic acids is 1. The van der Waals surface area contributed by atoms with Crippen molar-refractivity contribution in [2.75, 3.05) is 25.6 Å². The third kappa shape index (κ3) is 3.13. The third-order valence-corrected chi connectivity index (χ3v) is 3.17. The van der Waals surface area contributed by atoms with Crippen LogP contribution < -0.4 is 9.47 Å². The van der Waals surface area contributed by atoms with Gasteiger partial charge in [0.15, 0.2) is 11.5 Å². The fraction of sp³-hybridized carbons (Fsp3) is 0.500.